The fourth-order valence-corrected chi connectivity index (χ4v) is 3.11. The highest BCUT2D eigenvalue weighted by Gasteiger charge is 2.37. The zero-order valence-corrected chi connectivity index (χ0v) is 18.2. The summed E-state index contributed by atoms with van der Waals surface area (Å²) in [5.74, 6) is 0.0469. The largest absolute Gasteiger partial charge is 0.416 e. The van der Waals surface area contributed by atoms with Crippen molar-refractivity contribution < 1.29 is 31.1 Å². The number of aromatic nitrogens is 4. The summed E-state index contributed by atoms with van der Waals surface area (Å²) < 4.78 is 79.9. The number of pyridine rings is 1. The van der Waals surface area contributed by atoms with Crippen LogP contribution in [0.1, 0.15) is 58.5 Å². The minimum Gasteiger partial charge on any atom is -0.294 e. The lowest BCUT2D eigenvalue weighted by Gasteiger charge is -2.14. The van der Waals surface area contributed by atoms with Crippen LogP contribution in [0.2, 0.25) is 0 Å². The van der Waals surface area contributed by atoms with Gasteiger partial charge in [0.15, 0.2) is 23.2 Å². The molecular weight excluding hydrogens is 476 g/mol. The Balaban J connectivity index is 1.86. The Morgan fingerprint density at radius 1 is 1.06 bits per heavy atom. The molecule has 0 N–H and O–H groups in total. The summed E-state index contributed by atoms with van der Waals surface area (Å²) in [4.78, 5) is 21.0. The zero-order valence-electron chi connectivity index (χ0n) is 18.2. The van der Waals surface area contributed by atoms with Crippen LogP contribution in [0, 0.1) is 11.3 Å². The van der Waals surface area contributed by atoms with E-state index in [1.165, 1.54) is 23.0 Å². The maximum absolute atomic E-state index is 13.1. The van der Waals surface area contributed by atoms with E-state index in [1.54, 1.807) is 6.92 Å². The Kier molecular flexibility index (Phi) is 7.09. The number of nitrogens with zero attached hydrogens (tertiary/aromatic N) is 5. The number of allylic oxidation sites excluding steroid dienone is 1. The summed E-state index contributed by atoms with van der Waals surface area (Å²) in [5, 5.41) is 13.2. The summed E-state index contributed by atoms with van der Waals surface area (Å²) in [7, 11) is 0. The molecule has 0 radical (unpaired) electrons. The number of Topliss-reactive ketones (excluding diaryl/α,β-unsaturated/α-hetero) is 1. The molecule has 1 aromatic carbocycles. The van der Waals surface area contributed by atoms with E-state index in [1.807, 2.05) is 6.07 Å². The molecule has 0 saturated carbocycles. The first-order valence-electron chi connectivity index (χ1n) is 10.2. The molecule has 0 spiro atoms. The van der Waals surface area contributed by atoms with Gasteiger partial charge in [0, 0.05) is 24.6 Å². The van der Waals surface area contributed by atoms with Gasteiger partial charge in [-0.1, -0.05) is 13.5 Å². The molecule has 0 aliphatic carbocycles. The Labute approximate surface area is 195 Å². The second-order valence-corrected chi connectivity index (χ2v) is 7.46. The van der Waals surface area contributed by atoms with Crippen LogP contribution in [0.4, 0.5) is 26.3 Å². The molecule has 0 bridgehead atoms. The monoisotopic (exact) mass is 493 g/mol. The van der Waals surface area contributed by atoms with Crippen molar-refractivity contribution in [2.45, 2.75) is 38.5 Å². The SMILES string of the molecule is C=C(CCC(=O)c1cc(C(F)(F)F)cc(C(F)(F)F)c1)c1nc(CC)nn1-c1ccc(C#N)cn1. The minimum atomic E-state index is -5.05. The third-order valence-electron chi connectivity index (χ3n) is 4.94. The van der Waals surface area contributed by atoms with Crippen molar-refractivity contribution in [2.24, 2.45) is 0 Å². The number of alkyl halides is 6. The molecule has 6 nitrogen and oxygen atoms in total. The summed E-state index contributed by atoms with van der Waals surface area (Å²) in [6.45, 7) is 5.66. The van der Waals surface area contributed by atoms with Crippen LogP contribution in [-0.4, -0.2) is 25.5 Å². The van der Waals surface area contributed by atoms with Gasteiger partial charge in [0.05, 0.1) is 16.7 Å². The summed E-state index contributed by atoms with van der Waals surface area (Å²) in [5.41, 5.74) is -3.23. The molecule has 0 amide bonds. The third kappa shape index (κ3) is 5.92. The Morgan fingerprint density at radius 2 is 1.69 bits per heavy atom. The van der Waals surface area contributed by atoms with Crippen LogP contribution in [0.5, 0.6) is 0 Å². The lowest BCUT2D eigenvalue weighted by molar-refractivity contribution is -0.143. The minimum absolute atomic E-state index is 0.0327. The second-order valence-electron chi connectivity index (χ2n) is 7.46. The molecule has 0 atom stereocenters. The number of halogens is 6. The lowest BCUT2D eigenvalue weighted by Crippen LogP contribution is -2.13. The topological polar surface area (TPSA) is 84.5 Å². The van der Waals surface area contributed by atoms with Gasteiger partial charge in [-0.3, -0.25) is 4.79 Å². The van der Waals surface area contributed by atoms with Crippen molar-refractivity contribution in [3.63, 3.8) is 0 Å². The molecule has 2 heterocycles. The van der Waals surface area contributed by atoms with Crippen molar-refractivity contribution >= 4 is 11.4 Å². The van der Waals surface area contributed by atoms with E-state index in [-0.39, 0.29) is 23.9 Å². The standard InChI is InChI=1S/C23H17F6N5O/c1-3-19-32-21(34(33-19)20-7-5-14(11-30)12-31-20)13(2)4-6-18(35)15-8-16(22(24,25)26)10-17(9-15)23(27,28)29/h5,7-10,12H,2-4,6H2,1H3. The normalized spacial score (nSPS) is 11.8. The second kappa shape index (κ2) is 9.69. The summed E-state index contributed by atoms with van der Waals surface area (Å²) in [6.07, 6.45) is -8.85. The van der Waals surface area contributed by atoms with Crippen LogP contribution in [-0.2, 0) is 18.8 Å². The summed E-state index contributed by atoms with van der Waals surface area (Å²) >= 11 is 0. The zero-order chi connectivity index (χ0) is 26.0. The number of rotatable bonds is 7. The Morgan fingerprint density at radius 3 is 2.17 bits per heavy atom. The predicted molar refractivity (Wildman–Crippen MR) is 112 cm³/mol. The number of aryl methyl sites for hydroxylation is 1. The van der Waals surface area contributed by atoms with Gasteiger partial charge in [0.1, 0.15) is 6.07 Å². The van der Waals surface area contributed by atoms with Crippen molar-refractivity contribution in [3.05, 3.63) is 77.0 Å². The number of benzene rings is 1. The maximum Gasteiger partial charge on any atom is 0.416 e. The maximum atomic E-state index is 13.1. The molecular formula is C23H17F6N5O. The number of hydrogen-bond acceptors (Lipinski definition) is 5. The van der Waals surface area contributed by atoms with Crippen LogP contribution in [0.3, 0.4) is 0 Å². The van der Waals surface area contributed by atoms with Gasteiger partial charge in [-0.2, -0.15) is 36.3 Å². The number of nitriles is 1. The lowest BCUT2D eigenvalue weighted by atomic mass is 9.98. The molecule has 35 heavy (non-hydrogen) atoms. The highest BCUT2D eigenvalue weighted by molar-refractivity contribution is 5.97. The molecule has 0 aliphatic rings. The third-order valence-corrected chi connectivity index (χ3v) is 4.94. The molecule has 12 heteroatoms. The van der Waals surface area contributed by atoms with Gasteiger partial charge in [-0.05, 0) is 42.3 Å². The molecule has 182 valence electrons. The molecule has 0 unspecified atom stereocenters. The fourth-order valence-electron chi connectivity index (χ4n) is 3.11. The van der Waals surface area contributed by atoms with Crippen LogP contribution in [0.15, 0.2) is 43.1 Å². The van der Waals surface area contributed by atoms with Gasteiger partial charge in [-0.15, -0.1) is 5.10 Å². The van der Waals surface area contributed by atoms with Gasteiger partial charge in [0.2, 0.25) is 0 Å². The molecule has 3 rings (SSSR count). The number of ketones is 1. The van der Waals surface area contributed by atoms with E-state index < -0.39 is 41.2 Å². The predicted octanol–water partition coefficient (Wildman–Crippen LogP) is 5.81. The van der Waals surface area contributed by atoms with Gasteiger partial charge < -0.3 is 0 Å². The molecule has 2 aromatic heterocycles. The van der Waals surface area contributed by atoms with Crippen LogP contribution in [0.25, 0.3) is 11.4 Å². The fraction of sp³-hybridized carbons (Fsp3) is 0.261. The number of carbonyl (C=O) groups is 1. The van der Waals surface area contributed by atoms with Crippen molar-refractivity contribution in [2.75, 3.05) is 0 Å². The van der Waals surface area contributed by atoms with E-state index in [0.29, 0.717) is 35.8 Å². The van der Waals surface area contributed by atoms with Crippen molar-refractivity contribution in [1.29, 1.82) is 5.26 Å². The first-order chi connectivity index (χ1) is 16.3. The van der Waals surface area contributed by atoms with Gasteiger partial charge >= 0.3 is 12.4 Å². The molecule has 0 saturated heterocycles. The van der Waals surface area contributed by atoms with Crippen LogP contribution >= 0.6 is 0 Å². The first kappa shape index (κ1) is 25.6. The van der Waals surface area contributed by atoms with E-state index in [4.69, 9.17) is 5.26 Å². The van der Waals surface area contributed by atoms with E-state index in [0.717, 1.165) is 0 Å². The van der Waals surface area contributed by atoms with E-state index >= 15 is 0 Å². The summed E-state index contributed by atoms with van der Waals surface area (Å²) in [6, 6.07) is 5.74. The van der Waals surface area contributed by atoms with Crippen molar-refractivity contribution in [1.82, 2.24) is 19.7 Å². The first-order valence-corrected chi connectivity index (χ1v) is 10.2. The van der Waals surface area contributed by atoms with E-state index in [9.17, 15) is 31.1 Å². The molecule has 0 aliphatic heterocycles. The molecule has 3 aromatic rings. The average molecular weight is 493 g/mol. The Bertz CT molecular complexity index is 1270. The van der Waals surface area contributed by atoms with E-state index in [2.05, 4.69) is 21.6 Å². The average Bonchev–Trinajstić information content (AvgIpc) is 3.25. The highest BCUT2D eigenvalue weighted by atomic mass is 19.4. The quantitative estimate of drug-likeness (QED) is 0.306. The Hall–Kier alpha value is -4.01. The van der Waals surface area contributed by atoms with Crippen LogP contribution < -0.4 is 0 Å². The van der Waals surface area contributed by atoms with Gasteiger partial charge in [0.25, 0.3) is 0 Å². The number of hydrogen-bond donors (Lipinski definition) is 0. The highest BCUT2D eigenvalue weighted by Crippen LogP contribution is 2.36. The van der Waals surface area contributed by atoms with Crippen molar-refractivity contribution in [3.8, 4) is 11.9 Å². The molecule has 0 fully saturated rings. The number of carbonyl (C=O) groups excluding carboxylic acids is 1. The van der Waals surface area contributed by atoms with Gasteiger partial charge in [-0.25, -0.2) is 9.97 Å². The smallest absolute Gasteiger partial charge is 0.294 e.